The van der Waals surface area contributed by atoms with Gasteiger partial charge in [-0.15, -0.1) is 0 Å². The number of carboxylic acids is 1. The molecule has 1 aliphatic heterocycles. The molecule has 4 N–H and O–H groups in total. The van der Waals surface area contributed by atoms with Gasteiger partial charge in [0.2, 0.25) is 5.91 Å². The Morgan fingerprint density at radius 1 is 1.63 bits per heavy atom. The van der Waals surface area contributed by atoms with E-state index in [2.05, 4.69) is 20.6 Å². The second-order valence-electron chi connectivity index (χ2n) is 4.91. The molecule has 0 aliphatic carbocycles. The Morgan fingerprint density at radius 3 is 3.16 bits per heavy atom. The molecule has 1 amide bonds. The Hall–Kier alpha value is -1.89. The lowest BCUT2D eigenvalue weighted by atomic mass is 10.0. The van der Waals surface area contributed by atoms with Crippen LogP contribution in [0.4, 0.5) is 0 Å². The minimum Gasteiger partial charge on any atom is -0.481 e. The van der Waals surface area contributed by atoms with Crippen LogP contribution in [-0.2, 0) is 22.6 Å². The molecule has 0 saturated carbocycles. The first kappa shape index (κ1) is 13.5. The van der Waals surface area contributed by atoms with Gasteiger partial charge in [-0.05, 0) is 5.92 Å². The maximum atomic E-state index is 12.0. The van der Waals surface area contributed by atoms with Crippen LogP contribution >= 0.6 is 0 Å². The predicted octanol–water partition coefficient (Wildman–Crippen LogP) is -0.349. The molecule has 0 saturated heterocycles. The van der Waals surface area contributed by atoms with Gasteiger partial charge in [0.15, 0.2) is 0 Å². The summed E-state index contributed by atoms with van der Waals surface area (Å²) in [4.78, 5) is 29.7. The Morgan fingerprint density at radius 2 is 2.42 bits per heavy atom. The number of amides is 1. The van der Waals surface area contributed by atoms with Crippen LogP contribution in [0.5, 0.6) is 0 Å². The van der Waals surface area contributed by atoms with Crippen molar-refractivity contribution in [2.24, 2.45) is 5.92 Å². The third-order valence-electron chi connectivity index (χ3n) is 3.19. The highest BCUT2D eigenvalue weighted by molar-refractivity contribution is 5.82. The lowest BCUT2D eigenvalue weighted by Gasteiger charge is -2.23. The summed E-state index contributed by atoms with van der Waals surface area (Å²) in [5, 5.41) is 14.6. The Kier molecular flexibility index (Phi) is 4.16. The minimum atomic E-state index is -0.848. The van der Waals surface area contributed by atoms with Gasteiger partial charge in [0, 0.05) is 25.9 Å². The van der Waals surface area contributed by atoms with Crippen molar-refractivity contribution in [1.29, 1.82) is 0 Å². The summed E-state index contributed by atoms with van der Waals surface area (Å²) in [6.07, 6.45) is 2.24. The van der Waals surface area contributed by atoms with Crippen molar-refractivity contribution in [3.63, 3.8) is 0 Å². The van der Waals surface area contributed by atoms with Gasteiger partial charge < -0.3 is 15.4 Å². The van der Waals surface area contributed by atoms with E-state index in [-0.39, 0.29) is 24.3 Å². The molecule has 7 heteroatoms. The quantitative estimate of drug-likeness (QED) is 0.583. The number of aromatic nitrogens is 2. The zero-order valence-electron chi connectivity index (χ0n) is 10.8. The fourth-order valence-electron chi connectivity index (χ4n) is 2.12. The second-order valence-corrected chi connectivity index (χ2v) is 4.91. The molecule has 0 fully saturated rings. The molecule has 104 valence electrons. The standard InChI is InChI=1S/C12H18N4O3/c1-7(2-11(17)18)4-14-12(19)9-3-8-10(5-13-9)16-6-15-8/h6-7,9,13H,2-5H2,1H3,(H,14,19)(H,15,16)(H,17,18). The Bertz CT molecular complexity index is 471. The smallest absolute Gasteiger partial charge is 0.303 e. The Balaban J connectivity index is 1.80. The molecular formula is C12H18N4O3. The lowest BCUT2D eigenvalue weighted by molar-refractivity contribution is -0.138. The molecule has 0 spiro atoms. The molecule has 2 heterocycles. The monoisotopic (exact) mass is 266 g/mol. The number of H-pyrrole nitrogens is 1. The molecule has 2 rings (SSSR count). The number of imidazole rings is 1. The number of aliphatic carboxylic acids is 1. The van der Waals surface area contributed by atoms with Crippen LogP contribution in [0, 0.1) is 5.92 Å². The molecule has 7 nitrogen and oxygen atoms in total. The number of carboxylic acid groups (broad SMARTS) is 1. The van der Waals surface area contributed by atoms with Crippen molar-refractivity contribution in [2.45, 2.75) is 32.4 Å². The number of fused-ring (bicyclic) bond motifs is 1. The lowest BCUT2D eigenvalue weighted by Crippen LogP contribution is -2.48. The van der Waals surface area contributed by atoms with E-state index in [1.165, 1.54) is 0 Å². The number of aromatic amines is 1. The number of nitrogens with zero attached hydrogens (tertiary/aromatic N) is 1. The van der Waals surface area contributed by atoms with Gasteiger partial charge in [-0.3, -0.25) is 14.9 Å². The molecule has 1 aromatic heterocycles. The molecule has 0 aromatic carbocycles. The summed E-state index contributed by atoms with van der Waals surface area (Å²) in [6.45, 7) is 2.77. The molecule has 1 aromatic rings. The highest BCUT2D eigenvalue weighted by Crippen LogP contribution is 2.12. The summed E-state index contributed by atoms with van der Waals surface area (Å²) in [6, 6.07) is -0.298. The van der Waals surface area contributed by atoms with Crippen molar-refractivity contribution < 1.29 is 14.7 Å². The fourth-order valence-corrected chi connectivity index (χ4v) is 2.12. The van der Waals surface area contributed by atoms with Crippen molar-refractivity contribution >= 4 is 11.9 Å². The number of carbonyl (C=O) groups excluding carboxylic acids is 1. The van der Waals surface area contributed by atoms with Gasteiger partial charge in [0.05, 0.1) is 23.8 Å². The molecule has 19 heavy (non-hydrogen) atoms. The second kappa shape index (κ2) is 5.83. The number of rotatable bonds is 5. The summed E-state index contributed by atoms with van der Waals surface area (Å²) in [5.74, 6) is -1.03. The van der Waals surface area contributed by atoms with Crippen molar-refractivity contribution in [3.05, 3.63) is 17.7 Å². The highest BCUT2D eigenvalue weighted by atomic mass is 16.4. The molecular weight excluding hydrogens is 248 g/mol. The van der Waals surface area contributed by atoms with Gasteiger partial charge in [0.1, 0.15) is 0 Å². The summed E-state index contributed by atoms with van der Waals surface area (Å²) >= 11 is 0. The van der Waals surface area contributed by atoms with Gasteiger partial charge in [-0.1, -0.05) is 6.92 Å². The molecule has 0 radical (unpaired) electrons. The number of hydrogen-bond donors (Lipinski definition) is 4. The Labute approximate surface area is 110 Å². The van der Waals surface area contributed by atoms with Crippen LogP contribution in [0.1, 0.15) is 24.7 Å². The summed E-state index contributed by atoms with van der Waals surface area (Å²) in [5.41, 5.74) is 1.93. The van der Waals surface area contributed by atoms with Gasteiger partial charge in [-0.25, -0.2) is 4.98 Å². The van der Waals surface area contributed by atoms with E-state index in [1.54, 1.807) is 13.3 Å². The number of nitrogens with one attached hydrogen (secondary N) is 3. The largest absolute Gasteiger partial charge is 0.481 e. The van der Waals surface area contributed by atoms with Crippen LogP contribution in [0.25, 0.3) is 0 Å². The summed E-state index contributed by atoms with van der Waals surface area (Å²) < 4.78 is 0. The van der Waals surface area contributed by atoms with E-state index >= 15 is 0 Å². The zero-order chi connectivity index (χ0) is 13.8. The predicted molar refractivity (Wildman–Crippen MR) is 67.3 cm³/mol. The third-order valence-corrected chi connectivity index (χ3v) is 3.19. The van der Waals surface area contributed by atoms with Crippen molar-refractivity contribution in [1.82, 2.24) is 20.6 Å². The van der Waals surface area contributed by atoms with Gasteiger partial charge >= 0.3 is 5.97 Å². The number of hydrogen-bond acceptors (Lipinski definition) is 4. The van der Waals surface area contributed by atoms with Crippen LogP contribution in [0.3, 0.4) is 0 Å². The minimum absolute atomic E-state index is 0.0574. The van der Waals surface area contributed by atoms with E-state index < -0.39 is 5.97 Å². The van der Waals surface area contributed by atoms with Crippen LogP contribution in [0.2, 0.25) is 0 Å². The zero-order valence-corrected chi connectivity index (χ0v) is 10.8. The normalized spacial score (nSPS) is 19.5. The molecule has 0 bridgehead atoms. The average Bonchev–Trinajstić information content (AvgIpc) is 2.82. The van der Waals surface area contributed by atoms with E-state index in [0.717, 1.165) is 11.4 Å². The van der Waals surface area contributed by atoms with Crippen molar-refractivity contribution in [2.75, 3.05) is 6.54 Å². The van der Waals surface area contributed by atoms with Gasteiger partial charge in [0.25, 0.3) is 0 Å². The fraction of sp³-hybridized carbons (Fsp3) is 0.583. The topological polar surface area (TPSA) is 107 Å². The third kappa shape index (κ3) is 3.54. The first-order valence-electron chi connectivity index (χ1n) is 6.30. The van der Waals surface area contributed by atoms with Crippen LogP contribution < -0.4 is 10.6 Å². The maximum absolute atomic E-state index is 12.0. The van der Waals surface area contributed by atoms with Crippen LogP contribution in [0.15, 0.2) is 6.33 Å². The number of carbonyl (C=O) groups is 2. The first-order valence-corrected chi connectivity index (χ1v) is 6.30. The van der Waals surface area contributed by atoms with E-state index in [0.29, 0.717) is 19.5 Å². The highest BCUT2D eigenvalue weighted by Gasteiger charge is 2.25. The first-order chi connectivity index (χ1) is 9.06. The van der Waals surface area contributed by atoms with E-state index in [9.17, 15) is 9.59 Å². The van der Waals surface area contributed by atoms with Gasteiger partial charge in [-0.2, -0.15) is 0 Å². The average molecular weight is 266 g/mol. The maximum Gasteiger partial charge on any atom is 0.303 e. The van der Waals surface area contributed by atoms with Crippen molar-refractivity contribution in [3.8, 4) is 0 Å². The molecule has 1 aliphatic rings. The van der Waals surface area contributed by atoms with E-state index in [1.807, 2.05) is 0 Å². The molecule has 2 unspecified atom stereocenters. The summed E-state index contributed by atoms with van der Waals surface area (Å²) in [7, 11) is 0. The SMILES string of the molecule is CC(CNC(=O)C1Cc2nc[nH]c2CN1)CC(=O)O. The molecule has 2 atom stereocenters. The van der Waals surface area contributed by atoms with E-state index in [4.69, 9.17) is 5.11 Å². The van der Waals surface area contributed by atoms with Crippen LogP contribution in [-0.4, -0.2) is 39.5 Å².